The van der Waals surface area contributed by atoms with Crippen molar-refractivity contribution in [2.75, 3.05) is 0 Å². The van der Waals surface area contributed by atoms with Crippen molar-refractivity contribution < 1.29 is 4.79 Å². The third-order valence-electron chi connectivity index (χ3n) is 6.43. The van der Waals surface area contributed by atoms with Crippen molar-refractivity contribution in [3.05, 3.63) is 129 Å². The van der Waals surface area contributed by atoms with Crippen molar-refractivity contribution in [2.45, 2.75) is 31.3 Å². The maximum atomic E-state index is 12.8. The monoisotopic (exact) mass is 485 g/mol. The quantitative estimate of drug-likeness (QED) is 0.258. The van der Waals surface area contributed by atoms with Crippen LogP contribution in [0.15, 0.2) is 97.1 Å². The van der Waals surface area contributed by atoms with E-state index < -0.39 is 0 Å². The first-order valence-electron chi connectivity index (χ1n) is 11.5. The Kier molecular flexibility index (Phi) is 6.82. The standard InChI is InChI=1S/C30H25Cl2NO/c31-27-15-8-21(16-28(27)32)19-33-29-18-26(29)24-9-6-20(7-10-24)17-30(34)25-13-11-23(12-14-25)22-4-2-1-3-5-22/h1-16,26,29,33H,17-19H2. The first-order chi connectivity index (χ1) is 16.6. The van der Waals surface area contributed by atoms with Crippen molar-refractivity contribution in [3.8, 4) is 11.1 Å². The van der Waals surface area contributed by atoms with Gasteiger partial charge in [0.2, 0.25) is 0 Å². The van der Waals surface area contributed by atoms with E-state index in [1.54, 1.807) is 0 Å². The van der Waals surface area contributed by atoms with Crippen molar-refractivity contribution in [2.24, 2.45) is 0 Å². The molecule has 1 saturated carbocycles. The number of Topliss-reactive ketones (excluding diaryl/α,β-unsaturated/α-hetero) is 1. The van der Waals surface area contributed by atoms with E-state index in [9.17, 15) is 4.79 Å². The Bertz CT molecular complexity index is 1280. The van der Waals surface area contributed by atoms with Crippen LogP contribution in [-0.2, 0) is 13.0 Å². The molecular weight excluding hydrogens is 461 g/mol. The van der Waals surface area contributed by atoms with Gasteiger partial charge in [0, 0.05) is 30.5 Å². The number of nitrogens with one attached hydrogen (secondary N) is 1. The van der Waals surface area contributed by atoms with Gasteiger partial charge in [0.25, 0.3) is 0 Å². The van der Waals surface area contributed by atoms with Gasteiger partial charge in [-0.2, -0.15) is 0 Å². The van der Waals surface area contributed by atoms with Gasteiger partial charge in [-0.05, 0) is 46.4 Å². The van der Waals surface area contributed by atoms with E-state index in [4.69, 9.17) is 23.2 Å². The number of carbonyl (C=O) groups is 1. The summed E-state index contributed by atoms with van der Waals surface area (Å²) < 4.78 is 0. The molecule has 0 heterocycles. The highest BCUT2D eigenvalue weighted by molar-refractivity contribution is 6.42. The summed E-state index contributed by atoms with van der Waals surface area (Å²) in [5, 5.41) is 4.77. The molecule has 1 fully saturated rings. The predicted octanol–water partition coefficient (Wildman–Crippen LogP) is 7.73. The molecule has 0 bridgehead atoms. The molecule has 0 spiro atoms. The second kappa shape index (κ2) is 10.1. The fourth-order valence-corrected chi connectivity index (χ4v) is 4.66. The third kappa shape index (κ3) is 5.42. The fourth-order valence-electron chi connectivity index (χ4n) is 4.34. The highest BCUT2D eigenvalue weighted by atomic mass is 35.5. The molecule has 34 heavy (non-hydrogen) atoms. The van der Waals surface area contributed by atoms with Crippen LogP contribution in [0.5, 0.6) is 0 Å². The van der Waals surface area contributed by atoms with Crippen LogP contribution >= 0.6 is 23.2 Å². The van der Waals surface area contributed by atoms with Gasteiger partial charge in [0.05, 0.1) is 10.0 Å². The lowest BCUT2D eigenvalue weighted by molar-refractivity contribution is 0.0993. The summed E-state index contributed by atoms with van der Waals surface area (Å²) >= 11 is 12.1. The summed E-state index contributed by atoms with van der Waals surface area (Å²) in [5.41, 5.74) is 6.51. The van der Waals surface area contributed by atoms with Crippen molar-refractivity contribution in [1.29, 1.82) is 0 Å². The van der Waals surface area contributed by atoms with Crippen LogP contribution in [0.25, 0.3) is 11.1 Å². The molecule has 0 saturated heterocycles. The lowest BCUT2D eigenvalue weighted by Gasteiger charge is -2.07. The topological polar surface area (TPSA) is 29.1 Å². The summed E-state index contributed by atoms with van der Waals surface area (Å²) in [6, 6.07) is 32.8. The second-order valence-electron chi connectivity index (χ2n) is 8.86. The minimum absolute atomic E-state index is 0.139. The van der Waals surface area contributed by atoms with Crippen LogP contribution < -0.4 is 5.32 Å². The SMILES string of the molecule is O=C(Cc1ccc(C2CC2NCc2ccc(Cl)c(Cl)c2)cc1)c1ccc(-c2ccccc2)cc1. The van der Waals surface area contributed by atoms with Crippen LogP contribution in [0.4, 0.5) is 0 Å². The Morgan fingerprint density at radius 3 is 2.15 bits per heavy atom. The number of ketones is 1. The summed E-state index contributed by atoms with van der Waals surface area (Å²) in [7, 11) is 0. The number of rotatable bonds is 8. The highest BCUT2D eigenvalue weighted by Gasteiger charge is 2.37. The molecular formula is C30H25Cl2NO. The van der Waals surface area contributed by atoms with E-state index in [0.29, 0.717) is 28.4 Å². The maximum Gasteiger partial charge on any atom is 0.167 e. The van der Waals surface area contributed by atoms with Gasteiger partial charge >= 0.3 is 0 Å². The fraction of sp³-hybridized carbons (Fsp3) is 0.167. The molecule has 1 aliphatic rings. The van der Waals surface area contributed by atoms with Crippen molar-refractivity contribution in [1.82, 2.24) is 5.32 Å². The van der Waals surface area contributed by atoms with Gasteiger partial charge in [0.15, 0.2) is 5.78 Å². The molecule has 4 aromatic rings. The summed E-state index contributed by atoms with van der Waals surface area (Å²) in [6.07, 6.45) is 1.53. The molecule has 4 aromatic carbocycles. The molecule has 2 atom stereocenters. The Morgan fingerprint density at radius 2 is 1.44 bits per heavy atom. The summed E-state index contributed by atoms with van der Waals surface area (Å²) in [5.74, 6) is 0.651. The van der Waals surface area contributed by atoms with Gasteiger partial charge in [-0.25, -0.2) is 0 Å². The molecule has 5 rings (SSSR count). The zero-order valence-corrected chi connectivity index (χ0v) is 20.2. The van der Waals surface area contributed by atoms with E-state index in [1.165, 1.54) is 5.56 Å². The maximum absolute atomic E-state index is 12.8. The normalized spacial score (nSPS) is 16.9. The van der Waals surface area contributed by atoms with E-state index in [1.807, 2.05) is 60.7 Å². The van der Waals surface area contributed by atoms with Crippen LogP contribution in [0.3, 0.4) is 0 Å². The Labute approximate surface area is 210 Å². The lowest BCUT2D eigenvalue weighted by atomic mass is 9.98. The minimum atomic E-state index is 0.139. The number of hydrogen-bond acceptors (Lipinski definition) is 2. The van der Waals surface area contributed by atoms with E-state index in [-0.39, 0.29) is 5.78 Å². The smallest absolute Gasteiger partial charge is 0.167 e. The number of benzene rings is 4. The van der Waals surface area contributed by atoms with Gasteiger partial charge in [0.1, 0.15) is 0 Å². The van der Waals surface area contributed by atoms with Gasteiger partial charge in [-0.3, -0.25) is 4.79 Å². The van der Waals surface area contributed by atoms with Gasteiger partial charge < -0.3 is 5.32 Å². The first-order valence-corrected chi connectivity index (χ1v) is 12.3. The second-order valence-corrected chi connectivity index (χ2v) is 9.68. The average Bonchev–Trinajstić information content (AvgIpc) is 3.65. The van der Waals surface area contributed by atoms with Crippen molar-refractivity contribution >= 4 is 29.0 Å². The predicted molar refractivity (Wildman–Crippen MR) is 141 cm³/mol. The molecule has 4 heteroatoms. The molecule has 0 aromatic heterocycles. The Hall–Kier alpha value is -2.91. The average molecular weight is 486 g/mol. The van der Waals surface area contributed by atoms with E-state index >= 15 is 0 Å². The Morgan fingerprint density at radius 1 is 0.765 bits per heavy atom. The molecule has 1 aliphatic carbocycles. The number of halogens is 2. The zero-order valence-electron chi connectivity index (χ0n) is 18.7. The molecule has 0 amide bonds. The summed E-state index contributed by atoms with van der Waals surface area (Å²) in [4.78, 5) is 12.8. The van der Waals surface area contributed by atoms with Gasteiger partial charge in [-0.15, -0.1) is 0 Å². The molecule has 0 aliphatic heterocycles. The molecule has 0 radical (unpaired) electrons. The summed E-state index contributed by atoms with van der Waals surface area (Å²) in [6.45, 7) is 0.772. The highest BCUT2D eigenvalue weighted by Crippen LogP contribution is 2.41. The van der Waals surface area contributed by atoms with Crippen LogP contribution in [0.2, 0.25) is 10.0 Å². The number of carbonyl (C=O) groups excluding carboxylic acids is 1. The lowest BCUT2D eigenvalue weighted by Crippen LogP contribution is -2.17. The van der Waals surface area contributed by atoms with Crippen molar-refractivity contribution in [3.63, 3.8) is 0 Å². The minimum Gasteiger partial charge on any atom is -0.309 e. The largest absolute Gasteiger partial charge is 0.309 e. The van der Waals surface area contributed by atoms with Crippen LogP contribution in [-0.4, -0.2) is 11.8 Å². The van der Waals surface area contributed by atoms with Crippen LogP contribution in [0, 0.1) is 0 Å². The van der Waals surface area contributed by atoms with E-state index in [2.05, 4.69) is 41.7 Å². The Balaban J connectivity index is 1.14. The van der Waals surface area contributed by atoms with Gasteiger partial charge in [-0.1, -0.05) is 108 Å². The molecule has 1 N–H and O–H groups in total. The molecule has 2 nitrogen and oxygen atoms in total. The zero-order chi connectivity index (χ0) is 23.5. The molecule has 2 unspecified atom stereocenters. The first kappa shape index (κ1) is 22.9. The van der Waals surface area contributed by atoms with E-state index in [0.717, 1.165) is 40.8 Å². The number of hydrogen-bond donors (Lipinski definition) is 1. The third-order valence-corrected chi connectivity index (χ3v) is 7.17. The molecule has 170 valence electrons. The van der Waals surface area contributed by atoms with Crippen LogP contribution in [0.1, 0.15) is 39.4 Å².